The van der Waals surface area contributed by atoms with E-state index in [1.54, 1.807) is 0 Å². The molecule has 1 rings (SSSR count). The average molecular weight is 246 g/mol. The Balaban J connectivity index is 2.25. The highest BCUT2D eigenvalue weighted by atomic mass is 16.5. The Morgan fingerprint density at radius 3 is 2.72 bits per heavy atom. The first-order valence-electron chi connectivity index (χ1n) is 6.57. The minimum absolute atomic E-state index is 0.118. The van der Waals surface area contributed by atoms with Crippen LogP contribution < -0.4 is 0 Å². The molecule has 2 heteroatoms. The lowest BCUT2D eigenvalue weighted by atomic mass is 10.1. The summed E-state index contributed by atoms with van der Waals surface area (Å²) in [5.41, 5.74) is 1.19. The van der Waals surface area contributed by atoms with Crippen molar-refractivity contribution in [2.45, 2.75) is 45.3 Å². The predicted octanol–water partition coefficient (Wildman–Crippen LogP) is 3.91. The topological polar surface area (TPSA) is 26.3 Å². The van der Waals surface area contributed by atoms with Crippen molar-refractivity contribution in [2.75, 3.05) is 0 Å². The third kappa shape index (κ3) is 5.78. The third-order valence-electron chi connectivity index (χ3n) is 2.96. The number of rotatable bonds is 9. The second-order valence-electron chi connectivity index (χ2n) is 4.39. The number of ketones is 1. The second kappa shape index (κ2) is 8.65. The summed E-state index contributed by atoms with van der Waals surface area (Å²) >= 11 is 0. The highest BCUT2D eigenvalue weighted by Crippen LogP contribution is 2.12. The van der Waals surface area contributed by atoms with Crippen molar-refractivity contribution in [3.05, 3.63) is 48.6 Å². The highest BCUT2D eigenvalue weighted by molar-refractivity contribution is 5.88. The van der Waals surface area contributed by atoms with Crippen molar-refractivity contribution >= 4 is 5.78 Å². The first kappa shape index (κ1) is 14.7. The van der Waals surface area contributed by atoms with E-state index in [1.807, 2.05) is 18.2 Å². The van der Waals surface area contributed by atoms with Crippen molar-refractivity contribution in [3.63, 3.8) is 0 Å². The Labute approximate surface area is 110 Å². The van der Waals surface area contributed by atoms with Crippen molar-refractivity contribution < 1.29 is 9.53 Å². The molecule has 0 N–H and O–H groups in total. The molecule has 0 bridgehead atoms. The van der Waals surface area contributed by atoms with Crippen LogP contribution in [0.4, 0.5) is 0 Å². The largest absolute Gasteiger partial charge is 0.374 e. The SMILES string of the molecule is C=CC(=O)CCCC(CC)OCc1ccccc1. The summed E-state index contributed by atoms with van der Waals surface area (Å²) in [5.74, 6) is 0.118. The van der Waals surface area contributed by atoms with Crippen LogP contribution in [0.3, 0.4) is 0 Å². The van der Waals surface area contributed by atoms with Gasteiger partial charge in [-0.25, -0.2) is 0 Å². The summed E-state index contributed by atoms with van der Waals surface area (Å²) < 4.78 is 5.86. The summed E-state index contributed by atoms with van der Waals surface area (Å²) in [6.07, 6.45) is 5.00. The van der Waals surface area contributed by atoms with Gasteiger partial charge < -0.3 is 4.74 Å². The van der Waals surface area contributed by atoms with Gasteiger partial charge in [-0.15, -0.1) is 0 Å². The Morgan fingerprint density at radius 1 is 1.39 bits per heavy atom. The van der Waals surface area contributed by atoms with Gasteiger partial charge in [0.05, 0.1) is 12.7 Å². The zero-order valence-electron chi connectivity index (χ0n) is 11.1. The number of benzene rings is 1. The van der Waals surface area contributed by atoms with Crippen LogP contribution in [0.15, 0.2) is 43.0 Å². The lowest BCUT2D eigenvalue weighted by Gasteiger charge is -2.15. The normalized spacial score (nSPS) is 12.1. The minimum Gasteiger partial charge on any atom is -0.374 e. The smallest absolute Gasteiger partial charge is 0.155 e. The van der Waals surface area contributed by atoms with Gasteiger partial charge in [-0.1, -0.05) is 43.8 Å². The van der Waals surface area contributed by atoms with Gasteiger partial charge in [-0.3, -0.25) is 4.79 Å². The molecule has 0 amide bonds. The van der Waals surface area contributed by atoms with Gasteiger partial charge in [0.25, 0.3) is 0 Å². The molecule has 1 aromatic carbocycles. The van der Waals surface area contributed by atoms with Crippen LogP contribution in [0.2, 0.25) is 0 Å². The molecule has 2 nitrogen and oxygen atoms in total. The first-order valence-corrected chi connectivity index (χ1v) is 6.57. The Kier molecular flexibility index (Phi) is 7.04. The monoisotopic (exact) mass is 246 g/mol. The Hall–Kier alpha value is -1.41. The Morgan fingerprint density at radius 2 is 2.11 bits per heavy atom. The molecule has 1 aromatic rings. The molecular weight excluding hydrogens is 224 g/mol. The van der Waals surface area contributed by atoms with Crippen LogP contribution in [0.25, 0.3) is 0 Å². The molecule has 0 heterocycles. The molecule has 98 valence electrons. The summed E-state index contributed by atoms with van der Waals surface area (Å²) in [4.78, 5) is 11.1. The summed E-state index contributed by atoms with van der Waals surface area (Å²) in [6, 6.07) is 10.2. The van der Waals surface area contributed by atoms with Crippen LogP contribution in [0.1, 0.15) is 38.2 Å². The molecule has 0 aliphatic heterocycles. The van der Waals surface area contributed by atoms with Gasteiger partial charge in [0, 0.05) is 6.42 Å². The van der Waals surface area contributed by atoms with Crippen molar-refractivity contribution in [2.24, 2.45) is 0 Å². The second-order valence-corrected chi connectivity index (χ2v) is 4.39. The van der Waals surface area contributed by atoms with Gasteiger partial charge in [0.15, 0.2) is 5.78 Å². The summed E-state index contributed by atoms with van der Waals surface area (Å²) in [7, 11) is 0. The molecule has 0 aliphatic carbocycles. The molecule has 0 saturated heterocycles. The molecule has 0 spiro atoms. The van der Waals surface area contributed by atoms with E-state index in [0.717, 1.165) is 19.3 Å². The van der Waals surface area contributed by atoms with Crippen LogP contribution >= 0.6 is 0 Å². The quantitative estimate of drug-likeness (QED) is 0.617. The first-order chi connectivity index (χ1) is 8.76. The van der Waals surface area contributed by atoms with Gasteiger partial charge in [-0.2, -0.15) is 0 Å². The Bertz CT molecular complexity index is 357. The van der Waals surface area contributed by atoms with Gasteiger partial charge in [-0.05, 0) is 30.9 Å². The number of allylic oxidation sites excluding steroid dienone is 1. The maximum absolute atomic E-state index is 11.1. The third-order valence-corrected chi connectivity index (χ3v) is 2.96. The molecule has 0 radical (unpaired) electrons. The minimum atomic E-state index is 0.118. The lowest BCUT2D eigenvalue weighted by molar-refractivity contribution is -0.114. The number of hydrogen-bond acceptors (Lipinski definition) is 2. The van der Waals surface area contributed by atoms with E-state index in [4.69, 9.17) is 4.74 Å². The number of carbonyl (C=O) groups is 1. The number of hydrogen-bond donors (Lipinski definition) is 0. The molecule has 1 atom stereocenters. The fourth-order valence-corrected chi connectivity index (χ4v) is 1.80. The molecule has 1 unspecified atom stereocenters. The highest BCUT2D eigenvalue weighted by Gasteiger charge is 2.07. The number of ether oxygens (including phenoxy) is 1. The van der Waals surface area contributed by atoms with E-state index in [0.29, 0.717) is 13.0 Å². The predicted molar refractivity (Wildman–Crippen MR) is 74.4 cm³/mol. The average Bonchev–Trinajstić information content (AvgIpc) is 2.43. The summed E-state index contributed by atoms with van der Waals surface area (Å²) in [5, 5.41) is 0. The lowest BCUT2D eigenvalue weighted by Crippen LogP contribution is -2.12. The van der Waals surface area contributed by atoms with Crippen LogP contribution in [0.5, 0.6) is 0 Å². The van der Waals surface area contributed by atoms with Gasteiger partial charge in [0.2, 0.25) is 0 Å². The van der Waals surface area contributed by atoms with E-state index < -0.39 is 0 Å². The molecule has 0 fully saturated rings. The fourth-order valence-electron chi connectivity index (χ4n) is 1.80. The van der Waals surface area contributed by atoms with Crippen molar-refractivity contribution in [1.82, 2.24) is 0 Å². The number of carbonyl (C=O) groups excluding carboxylic acids is 1. The van der Waals surface area contributed by atoms with Crippen LogP contribution in [-0.2, 0) is 16.1 Å². The van der Waals surface area contributed by atoms with Crippen molar-refractivity contribution in [3.8, 4) is 0 Å². The van der Waals surface area contributed by atoms with E-state index in [2.05, 4.69) is 25.6 Å². The molecule has 0 aliphatic rings. The van der Waals surface area contributed by atoms with E-state index in [1.165, 1.54) is 11.6 Å². The van der Waals surface area contributed by atoms with Gasteiger partial charge in [0.1, 0.15) is 0 Å². The zero-order chi connectivity index (χ0) is 13.2. The summed E-state index contributed by atoms with van der Waals surface area (Å²) in [6.45, 7) is 6.24. The van der Waals surface area contributed by atoms with Crippen molar-refractivity contribution in [1.29, 1.82) is 0 Å². The maximum atomic E-state index is 11.1. The van der Waals surface area contributed by atoms with Gasteiger partial charge >= 0.3 is 0 Å². The van der Waals surface area contributed by atoms with E-state index in [9.17, 15) is 4.79 Å². The van der Waals surface area contributed by atoms with E-state index >= 15 is 0 Å². The maximum Gasteiger partial charge on any atom is 0.155 e. The zero-order valence-corrected chi connectivity index (χ0v) is 11.1. The molecule has 18 heavy (non-hydrogen) atoms. The molecular formula is C16H22O2. The van der Waals surface area contributed by atoms with Crippen LogP contribution in [0, 0.1) is 0 Å². The van der Waals surface area contributed by atoms with E-state index in [-0.39, 0.29) is 11.9 Å². The van der Waals surface area contributed by atoms with Crippen LogP contribution in [-0.4, -0.2) is 11.9 Å². The molecule has 0 saturated carbocycles. The standard InChI is InChI=1S/C16H22O2/c1-3-15(17)11-8-12-16(4-2)18-13-14-9-6-5-7-10-14/h3,5-7,9-10,16H,1,4,8,11-13H2,2H3. The molecule has 0 aromatic heterocycles. The fraction of sp³-hybridized carbons (Fsp3) is 0.438.